The molecule has 19 heavy (non-hydrogen) atoms. The number of aromatic nitrogens is 2. The number of aryl methyl sites for hydroxylation is 1. The molecule has 98 valence electrons. The SMILES string of the molecule is CCc1ncnc(NCC2Cc3ccccc32)c1F. The summed E-state index contributed by atoms with van der Waals surface area (Å²) in [6, 6.07) is 8.39. The van der Waals surface area contributed by atoms with E-state index in [9.17, 15) is 4.39 Å². The maximum Gasteiger partial charge on any atom is 0.186 e. The van der Waals surface area contributed by atoms with E-state index in [-0.39, 0.29) is 5.82 Å². The third-order valence-corrected chi connectivity index (χ3v) is 3.67. The quantitative estimate of drug-likeness (QED) is 0.915. The van der Waals surface area contributed by atoms with Crippen LogP contribution >= 0.6 is 0 Å². The maximum absolute atomic E-state index is 14.0. The van der Waals surface area contributed by atoms with Crippen molar-refractivity contribution in [2.45, 2.75) is 25.7 Å². The summed E-state index contributed by atoms with van der Waals surface area (Å²) in [7, 11) is 0. The fraction of sp³-hybridized carbons (Fsp3) is 0.333. The summed E-state index contributed by atoms with van der Waals surface area (Å²) >= 11 is 0. The molecule has 1 aliphatic rings. The van der Waals surface area contributed by atoms with E-state index in [1.54, 1.807) is 0 Å². The zero-order valence-electron chi connectivity index (χ0n) is 10.9. The molecule has 0 fully saturated rings. The fourth-order valence-electron chi connectivity index (χ4n) is 2.54. The first-order chi connectivity index (χ1) is 9.29. The Hall–Kier alpha value is -1.97. The molecular formula is C15H16FN3. The van der Waals surface area contributed by atoms with Gasteiger partial charge in [0.15, 0.2) is 11.6 Å². The molecule has 1 atom stereocenters. The minimum Gasteiger partial charge on any atom is -0.367 e. The van der Waals surface area contributed by atoms with Gasteiger partial charge in [-0.3, -0.25) is 0 Å². The Kier molecular flexibility index (Phi) is 3.15. The molecule has 0 bridgehead atoms. The van der Waals surface area contributed by atoms with Gasteiger partial charge in [-0.05, 0) is 24.0 Å². The van der Waals surface area contributed by atoms with Crippen LogP contribution in [0.3, 0.4) is 0 Å². The summed E-state index contributed by atoms with van der Waals surface area (Å²) < 4.78 is 14.0. The summed E-state index contributed by atoms with van der Waals surface area (Å²) in [5, 5.41) is 3.10. The first-order valence-corrected chi connectivity index (χ1v) is 6.60. The molecule has 1 unspecified atom stereocenters. The summed E-state index contributed by atoms with van der Waals surface area (Å²) in [6.07, 6.45) is 3.05. The fourth-order valence-corrected chi connectivity index (χ4v) is 2.54. The number of hydrogen-bond donors (Lipinski definition) is 1. The van der Waals surface area contributed by atoms with Gasteiger partial charge < -0.3 is 5.32 Å². The van der Waals surface area contributed by atoms with E-state index >= 15 is 0 Å². The maximum atomic E-state index is 14.0. The lowest BCUT2D eigenvalue weighted by Gasteiger charge is -2.30. The number of fused-ring (bicyclic) bond motifs is 1. The van der Waals surface area contributed by atoms with Gasteiger partial charge in [0.25, 0.3) is 0 Å². The van der Waals surface area contributed by atoms with E-state index in [1.165, 1.54) is 17.5 Å². The van der Waals surface area contributed by atoms with Crippen LogP contribution in [-0.4, -0.2) is 16.5 Å². The number of nitrogens with one attached hydrogen (secondary N) is 1. The predicted molar refractivity (Wildman–Crippen MR) is 72.7 cm³/mol. The Morgan fingerprint density at radius 2 is 2.16 bits per heavy atom. The normalized spacial score (nSPS) is 16.6. The zero-order valence-corrected chi connectivity index (χ0v) is 10.9. The molecule has 1 aromatic heterocycles. The monoisotopic (exact) mass is 257 g/mol. The molecule has 3 nitrogen and oxygen atoms in total. The van der Waals surface area contributed by atoms with Crippen molar-refractivity contribution in [2.24, 2.45) is 0 Å². The largest absolute Gasteiger partial charge is 0.367 e. The Labute approximate surface area is 111 Å². The van der Waals surface area contributed by atoms with Crippen LogP contribution in [0.5, 0.6) is 0 Å². The van der Waals surface area contributed by atoms with E-state index in [2.05, 4.69) is 33.5 Å². The van der Waals surface area contributed by atoms with Gasteiger partial charge in [-0.1, -0.05) is 31.2 Å². The minimum absolute atomic E-state index is 0.316. The van der Waals surface area contributed by atoms with Crippen molar-refractivity contribution in [1.82, 2.24) is 9.97 Å². The molecule has 0 aliphatic heterocycles. The molecule has 1 heterocycles. The lowest BCUT2D eigenvalue weighted by molar-refractivity contribution is 0.588. The average Bonchev–Trinajstić information content (AvgIpc) is 2.41. The van der Waals surface area contributed by atoms with Crippen molar-refractivity contribution in [3.63, 3.8) is 0 Å². The Bertz CT molecular complexity index is 598. The molecule has 0 amide bonds. The van der Waals surface area contributed by atoms with E-state index < -0.39 is 0 Å². The van der Waals surface area contributed by atoms with Crippen molar-refractivity contribution in [3.05, 3.63) is 53.2 Å². The lowest BCUT2D eigenvalue weighted by Crippen LogP contribution is -2.25. The molecule has 1 aliphatic carbocycles. The van der Waals surface area contributed by atoms with Crippen LogP contribution in [0.4, 0.5) is 10.2 Å². The van der Waals surface area contributed by atoms with Crippen molar-refractivity contribution in [2.75, 3.05) is 11.9 Å². The second kappa shape index (κ2) is 4.96. The molecule has 2 aromatic rings. The van der Waals surface area contributed by atoms with Crippen molar-refractivity contribution in [1.29, 1.82) is 0 Å². The number of nitrogens with zero attached hydrogens (tertiary/aromatic N) is 2. The third kappa shape index (κ3) is 2.18. The van der Waals surface area contributed by atoms with Crippen LogP contribution in [0.1, 0.15) is 29.7 Å². The highest BCUT2D eigenvalue weighted by Gasteiger charge is 2.25. The van der Waals surface area contributed by atoms with E-state index in [0.29, 0.717) is 30.4 Å². The van der Waals surface area contributed by atoms with E-state index in [1.807, 2.05) is 13.0 Å². The topological polar surface area (TPSA) is 37.8 Å². The second-order valence-corrected chi connectivity index (χ2v) is 4.82. The first-order valence-electron chi connectivity index (χ1n) is 6.60. The van der Waals surface area contributed by atoms with Gasteiger partial charge in [0.2, 0.25) is 0 Å². The zero-order chi connectivity index (χ0) is 13.2. The molecule has 0 radical (unpaired) electrons. The summed E-state index contributed by atoms with van der Waals surface area (Å²) in [5.41, 5.74) is 3.22. The third-order valence-electron chi connectivity index (χ3n) is 3.67. The van der Waals surface area contributed by atoms with E-state index in [0.717, 1.165) is 6.42 Å². The van der Waals surface area contributed by atoms with Gasteiger partial charge in [0.1, 0.15) is 6.33 Å². The van der Waals surface area contributed by atoms with Gasteiger partial charge in [-0.15, -0.1) is 0 Å². The number of rotatable bonds is 4. The molecule has 0 spiro atoms. The standard InChI is InChI=1S/C15H16FN3/c1-2-13-14(16)15(19-9-18-13)17-8-11-7-10-5-3-4-6-12(10)11/h3-6,9,11H,2,7-8H2,1H3,(H,17,18,19). The predicted octanol–water partition coefficient (Wildman–Crippen LogP) is 2.93. The molecule has 4 heteroatoms. The van der Waals surface area contributed by atoms with Gasteiger partial charge in [0, 0.05) is 12.5 Å². The highest BCUT2D eigenvalue weighted by Crippen LogP contribution is 2.34. The highest BCUT2D eigenvalue weighted by molar-refractivity contribution is 5.43. The second-order valence-electron chi connectivity index (χ2n) is 4.82. The molecule has 0 saturated heterocycles. The summed E-state index contributed by atoms with van der Waals surface area (Å²) in [5.74, 6) is 0.449. The molecule has 0 saturated carbocycles. The number of benzene rings is 1. The highest BCUT2D eigenvalue weighted by atomic mass is 19.1. The van der Waals surface area contributed by atoms with Crippen LogP contribution in [0, 0.1) is 5.82 Å². The van der Waals surface area contributed by atoms with Crippen LogP contribution in [0.15, 0.2) is 30.6 Å². The van der Waals surface area contributed by atoms with Crippen LogP contribution in [-0.2, 0) is 12.8 Å². The number of anilines is 1. The van der Waals surface area contributed by atoms with Crippen LogP contribution < -0.4 is 5.32 Å². The first kappa shape index (κ1) is 12.1. The molecular weight excluding hydrogens is 241 g/mol. The van der Waals surface area contributed by atoms with Crippen molar-refractivity contribution >= 4 is 5.82 Å². The lowest BCUT2D eigenvalue weighted by atomic mass is 9.77. The van der Waals surface area contributed by atoms with Crippen LogP contribution in [0.25, 0.3) is 0 Å². The van der Waals surface area contributed by atoms with Crippen molar-refractivity contribution < 1.29 is 4.39 Å². The van der Waals surface area contributed by atoms with Gasteiger partial charge in [-0.25, -0.2) is 14.4 Å². The molecule has 1 N–H and O–H groups in total. The number of hydrogen-bond acceptors (Lipinski definition) is 3. The minimum atomic E-state index is -0.322. The smallest absolute Gasteiger partial charge is 0.186 e. The number of halogens is 1. The summed E-state index contributed by atoms with van der Waals surface area (Å²) in [4.78, 5) is 7.90. The van der Waals surface area contributed by atoms with Gasteiger partial charge >= 0.3 is 0 Å². The molecule has 1 aromatic carbocycles. The van der Waals surface area contributed by atoms with Gasteiger partial charge in [0.05, 0.1) is 5.69 Å². The molecule has 3 rings (SSSR count). The van der Waals surface area contributed by atoms with E-state index in [4.69, 9.17) is 0 Å². The van der Waals surface area contributed by atoms with Gasteiger partial charge in [-0.2, -0.15) is 0 Å². The Morgan fingerprint density at radius 1 is 1.32 bits per heavy atom. The average molecular weight is 257 g/mol. The summed E-state index contributed by atoms with van der Waals surface area (Å²) in [6.45, 7) is 2.60. The van der Waals surface area contributed by atoms with Crippen molar-refractivity contribution in [3.8, 4) is 0 Å². The Balaban J connectivity index is 1.68. The Morgan fingerprint density at radius 3 is 2.95 bits per heavy atom. The van der Waals surface area contributed by atoms with Crippen LogP contribution in [0.2, 0.25) is 0 Å².